The average molecular weight is 526 g/mol. The molecule has 0 radical (unpaired) electrons. The van der Waals surface area contributed by atoms with Gasteiger partial charge in [0.15, 0.2) is 11.7 Å². The Balaban J connectivity index is 1.75. The van der Waals surface area contributed by atoms with Gasteiger partial charge in [0.2, 0.25) is 11.5 Å². The van der Waals surface area contributed by atoms with Crippen LogP contribution < -0.4 is 16.8 Å². The highest BCUT2D eigenvalue weighted by atomic mass is 32.2. The molecule has 0 aliphatic carbocycles. The lowest BCUT2D eigenvalue weighted by atomic mass is 10.0. The number of nitrogen functional groups attached to an aromatic ring is 1. The number of hydrogen-bond donors (Lipinski definition) is 4. The first-order valence-corrected chi connectivity index (χ1v) is 12.0. The molecule has 2 atom stereocenters. The van der Waals surface area contributed by atoms with Gasteiger partial charge < -0.3 is 31.2 Å². The van der Waals surface area contributed by atoms with Crippen molar-refractivity contribution in [2.24, 2.45) is 10.9 Å². The number of aliphatic carboxylic acids is 1. The van der Waals surface area contributed by atoms with Gasteiger partial charge in [-0.15, -0.1) is 11.8 Å². The Morgan fingerprint density at radius 2 is 2.11 bits per heavy atom. The Bertz CT molecular complexity index is 1140. The third kappa shape index (κ3) is 5.77. The number of rotatable bonds is 10. The fourth-order valence-corrected chi connectivity index (χ4v) is 5.31. The fourth-order valence-electron chi connectivity index (χ4n) is 3.55. The second-order valence-electron chi connectivity index (χ2n) is 8.26. The maximum atomic E-state index is 12.9. The van der Waals surface area contributed by atoms with Gasteiger partial charge >= 0.3 is 5.97 Å². The lowest BCUT2D eigenvalue weighted by molar-refractivity contribution is -0.876. The predicted molar refractivity (Wildman–Crippen MR) is 128 cm³/mol. The van der Waals surface area contributed by atoms with Crippen molar-refractivity contribution in [3.05, 3.63) is 29.2 Å². The molecule has 188 valence electrons. The van der Waals surface area contributed by atoms with E-state index in [9.17, 15) is 24.3 Å². The third-order valence-electron chi connectivity index (χ3n) is 5.04. The van der Waals surface area contributed by atoms with Crippen molar-refractivity contribution >= 4 is 57.8 Å². The van der Waals surface area contributed by atoms with E-state index in [2.05, 4.69) is 19.8 Å². The molecular formula is C19H25N8O6S2+. The number of anilines is 1. The van der Waals surface area contributed by atoms with Gasteiger partial charge in [0.25, 0.3) is 17.7 Å². The number of primary amides is 1. The number of carboxylic acids is 1. The summed E-state index contributed by atoms with van der Waals surface area (Å²) in [5, 5.41) is 15.5. The summed E-state index contributed by atoms with van der Waals surface area (Å²) in [5.74, 6) is -2.80. The Morgan fingerprint density at radius 3 is 2.69 bits per heavy atom. The van der Waals surface area contributed by atoms with E-state index in [4.69, 9.17) is 16.3 Å². The van der Waals surface area contributed by atoms with E-state index in [0.29, 0.717) is 22.4 Å². The highest BCUT2D eigenvalue weighted by Gasteiger charge is 2.54. The van der Waals surface area contributed by atoms with Crippen LogP contribution in [0.3, 0.4) is 0 Å². The zero-order valence-corrected chi connectivity index (χ0v) is 20.8. The Hall–Kier alpha value is -3.50. The first kappa shape index (κ1) is 26.1. The van der Waals surface area contributed by atoms with Crippen molar-refractivity contribution in [2.75, 3.05) is 45.8 Å². The lowest BCUT2D eigenvalue weighted by Crippen LogP contribution is -2.71. The Kier molecular flexibility index (Phi) is 7.76. The number of aromatic nitrogens is 2. The van der Waals surface area contributed by atoms with E-state index in [-0.39, 0.29) is 28.9 Å². The smallest absolute Gasteiger partial charge is 0.352 e. The molecular weight excluding hydrogens is 500 g/mol. The second-order valence-corrected chi connectivity index (χ2v) is 10.2. The Morgan fingerprint density at radius 1 is 1.40 bits per heavy atom. The summed E-state index contributed by atoms with van der Waals surface area (Å²) in [6, 6.07) is -0.975. The fraction of sp³-hybridized carbons (Fsp3) is 0.421. The van der Waals surface area contributed by atoms with Crippen LogP contribution >= 0.6 is 23.3 Å². The van der Waals surface area contributed by atoms with Crippen LogP contribution in [0.4, 0.5) is 5.13 Å². The number of carboxylic acid groups (broad SMARTS) is 1. The van der Waals surface area contributed by atoms with Crippen LogP contribution in [0.25, 0.3) is 0 Å². The number of nitrogens with one attached hydrogen (secondary N) is 1. The van der Waals surface area contributed by atoms with Crippen molar-refractivity contribution in [1.29, 1.82) is 0 Å². The molecule has 35 heavy (non-hydrogen) atoms. The van der Waals surface area contributed by atoms with Crippen molar-refractivity contribution in [3.63, 3.8) is 0 Å². The molecule has 0 unspecified atom stereocenters. The Labute approximate surface area is 208 Å². The zero-order chi connectivity index (χ0) is 25.9. The lowest BCUT2D eigenvalue weighted by Gasteiger charge is -2.49. The van der Waals surface area contributed by atoms with E-state index in [1.165, 1.54) is 18.9 Å². The zero-order valence-electron chi connectivity index (χ0n) is 19.1. The second kappa shape index (κ2) is 10.4. The monoisotopic (exact) mass is 525 g/mol. The molecule has 0 saturated carbocycles. The molecule has 1 fully saturated rings. The van der Waals surface area contributed by atoms with Crippen molar-refractivity contribution < 1.29 is 33.6 Å². The third-order valence-corrected chi connectivity index (χ3v) is 6.89. The first-order valence-electron chi connectivity index (χ1n) is 10.1. The number of amides is 3. The van der Waals surface area contributed by atoms with Gasteiger partial charge in [0.1, 0.15) is 24.2 Å². The van der Waals surface area contributed by atoms with Crippen LogP contribution in [-0.2, 0) is 24.0 Å². The quantitative estimate of drug-likeness (QED) is 0.118. The molecule has 1 aromatic heterocycles. The van der Waals surface area contributed by atoms with Gasteiger partial charge in [0, 0.05) is 17.3 Å². The summed E-state index contributed by atoms with van der Waals surface area (Å²) in [7, 11) is 4.87. The largest absolute Gasteiger partial charge is 0.477 e. The highest BCUT2D eigenvalue weighted by molar-refractivity contribution is 8.00. The van der Waals surface area contributed by atoms with Crippen LogP contribution in [0, 0.1) is 0 Å². The van der Waals surface area contributed by atoms with Crippen LogP contribution in [0.5, 0.6) is 0 Å². The number of nitrogens with zero attached hydrogens (tertiary/aromatic N) is 5. The number of quaternary nitrogens is 1. The number of allylic oxidation sites excluding steroid dienone is 1. The minimum Gasteiger partial charge on any atom is -0.477 e. The molecule has 1 aromatic rings. The van der Waals surface area contributed by atoms with E-state index < -0.39 is 35.1 Å². The van der Waals surface area contributed by atoms with Crippen LogP contribution in [-0.4, -0.2) is 105 Å². The number of thioether (sulfide) groups is 1. The highest BCUT2D eigenvalue weighted by Crippen LogP contribution is 2.40. The minimum absolute atomic E-state index is 0.0528. The molecule has 2 aliphatic heterocycles. The van der Waals surface area contributed by atoms with Crippen molar-refractivity contribution in [2.45, 2.75) is 11.4 Å². The van der Waals surface area contributed by atoms with E-state index in [0.717, 1.165) is 16.4 Å². The summed E-state index contributed by atoms with van der Waals surface area (Å²) in [6.07, 6.45) is 3.38. The summed E-state index contributed by atoms with van der Waals surface area (Å²) in [6.45, 7) is 0.548. The molecule has 14 nitrogen and oxygen atoms in total. The van der Waals surface area contributed by atoms with Crippen LogP contribution in [0.1, 0.15) is 5.82 Å². The van der Waals surface area contributed by atoms with Crippen LogP contribution in [0.2, 0.25) is 0 Å². The molecule has 0 bridgehead atoms. The number of carbonyl (C=O) groups is 4. The summed E-state index contributed by atoms with van der Waals surface area (Å²) in [4.78, 5) is 58.6. The molecule has 6 N–H and O–H groups in total. The SMILES string of the molecule is CO/N=C(\C(=O)N[C@@H]1C(=O)N2C(C(=O)O)=C(/C=C\C[N+](C)(C)CC(N)=O)CS[C@@H]12)c1nsc(N)n1. The molecule has 1 saturated heterocycles. The van der Waals surface area contributed by atoms with Gasteiger partial charge in [0.05, 0.1) is 20.6 Å². The van der Waals surface area contributed by atoms with Crippen LogP contribution in [0.15, 0.2) is 28.6 Å². The van der Waals surface area contributed by atoms with Gasteiger partial charge in [-0.05, 0) is 11.6 Å². The average Bonchev–Trinajstić information content (AvgIpc) is 3.19. The minimum atomic E-state index is -1.26. The standard InChI is InChI=1S/C19H24N8O6S2/c1-27(2,7-10(20)28)6-4-5-9-8-34-17-12(16(30)26(17)13(9)18(31)32)22-15(29)11(24-33-3)14-23-19(21)35-25-14/h4-5,12,17H,6-8H2,1-3H3,(H5-,20,21,22,23,25,28,29,31,32)/p+1/b5-4-,24-11-/t12-,17+/m1/s1. The van der Waals surface area contributed by atoms with E-state index in [1.807, 2.05) is 14.1 Å². The van der Waals surface area contributed by atoms with Gasteiger partial charge in [-0.1, -0.05) is 11.2 Å². The number of nitrogens with two attached hydrogens (primary N) is 2. The van der Waals surface area contributed by atoms with E-state index in [1.54, 1.807) is 12.2 Å². The van der Waals surface area contributed by atoms with Gasteiger partial charge in [-0.25, -0.2) is 4.79 Å². The summed E-state index contributed by atoms with van der Waals surface area (Å²) >= 11 is 2.17. The molecule has 3 amide bonds. The van der Waals surface area contributed by atoms with E-state index >= 15 is 0 Å². The number of likely N-dealkylation sites (N-methyl/N-ethyl adjacent to an activating group) is 1. The molecule has 0 aromatic carbocycles. The summed E-state index contributed by atoms with van der Waals surface area (Å²) in [5.41, 5.74) is 10.9. The number of β-lactam (4-membered cyclic amide) rings is 1. The number of hydrogen-bond acceptors (Lipinski definition) is 11. The number of carbonyl (C=O) groups excluding carboxylic acids is 3. The van der Waals surface area contributed by atoms with Gasteiger partial charge in [-0.2, -0.15) is 9.36 Å². The maximum absolute atomic E-state index is 12.9. The number of oxime groups is 1. The van der Waals surface area contributed by atoms with Crippen molar-refractivity contribution in [3.8, 4) is 0 Å². The molecule has 3 heterocycles. The predicted octanol–water partition coefficient (Wildman–Crippen LogP) is -1.67. The normalized spacial score (nSPS) is 20.5. The maximum Gasteiger partial charge on any atom is 0.352 e. The van der Waals surface area contributed by atoms with Crippen molar-refractivity contribution in [1.82, 2.24) is 19.6 Å². The molecule has 0 spiro atoms. The molecule has 3 rings (SSSR count). The summed E-state index contributed by atoms with van der Waals surface area (Å²) < 4.78 is 4.22. The number of fused-ring (bicyclic) bond motifs is 1. The molecule has 2 aliphatic rings. The topological polar surface area (TPSA) is 203 Å². The molecule has 16 heteroatoms. The van der Waals surface area contributed by atoms with Gasteiger partial charge in [-0.3, -0.25) is 19.3 Å². The first-order chi connectivity index (χ1) is 16.4.